The average molecular weight is 564 g/mol. The molecule has 0 fully saturated rings. The molecule has 1 N–H and O–H groups in total. The standard InChI is InChI=1S/C34H33N3O5/c1-37(34-36-29-14-8-9-15-32(29)42-34)20-21-41-26-18-16-25(17-19-26)22-30(33(39)40-2)35-28-13-7-6-12-27(28)31(38)23-24-10-4-3-5-11-24/h3-19,30,35H,20-23H2,1-2H3. The molecule has 0 aliphatic carbocycles. The van der Waals surface area contributed by atoms with Crippen LogP contribution in [0.2, 0.25) is 0 Å². The molecule has 0 saturated carbocycles. The number of rotatable bonds is 13. The third-order valence-electron chi connectivity index (χ3n) is 6.92. The van der Waals surface area contributed by atoms with Gasteiger partial charge >= 0.3 is 5.97 Å². The van der Waals surface area contributed by atoms with E-state index >= 15 is 0 Å². The minimum Gasteiger partial charge on any atom is -0.492 e. The number of fused-ring (bicyclic) bond motifs is 1. The van der Waals surface area contributed by atoms with Crippen LogP contribution in [0.25, 0.3) is 11.1 Å². The van der Waals surface area contributed by atoms with Crippen LogP contribution >= 0.6 is 0 Å². The predicted molar refractivity (Wildman–Crippen MR) is 163 cm³/mol. The first kappa shape index (κ1) is 28.4. The Labute approximate surface area is 244 Å². The number of nitrogens with one attached hydrogen (secondary N) is 1. The summed E-state index contributed by atoms with van der Waals surface area (Å²) in [6, 6.07) is 31.9. The molecule has 1 atom stereocenters. The van der Waals surface area contributed by atoms with E-state index in [-0.39, 0.29) is 12.2 Å². The molecule has 5 aromatic rings. The van der Waals surface area contributed by atoms with Gasteiger partial charge in [-0.1, -0.05) is 66.7 Å². The number of oxazole rings is 1. The minimum atomic E-state index is -0.683. The number of ketones is 1. The molecule has 0 aliphatic heterocycles. The molecule has 0 saturated heterocycles. The van der Waals surface area contributed by atoms with Crippen molar-refractivity contribution >= 4 is 34.6 Å². The molecule has 0 bridgehead atoms. The van der Waals surface area contributed by atoms with E-state index in [2.05, 4.69) is 10.3 Å². The van der Waals surface area contributed by atoms with Crippen molar-refractivity contribution in [3.63, 3.8) is 0 Å². The highest BCUT2D eigenvalue weighted by atomic mass is 16.5. The largest absolute Gasteiger partial charge is 0.492 e. The maximum atomic E-state index is 13.1. The number of hydrogen-bond donors (Lipinski definition) is 1. The van der Waals surface area contributed by atoms with Crippen molar-refractivity contribution in [1.82, 2.24) is 4.98 Å². The number of ether oxygens (including phenoxy) is 2. The van der Waals surface area contributed by atoms with Crippen molar-refractivity contribution in [3.05, 3.63) is 120 Å². The number of para-hydroxylation sites is 3. The van der Waals surface area contributed by atoms with Gasteiger partial charge in [-0.05, 0) is 47.5 Å². The van der Waals surface area contributed by atoms with Gasteiger partial charge in [0.15, 0.2) is 11.4 Å². The zero-order valence-corrected chi connectivity index (χ0v) is 23.7. The summed E-state index contributed by atoms with van der Waals surface area (Å²) >= 11 is 0. The second-order valence-corrected chi connectivity index (χ2v) is 9.93. The molecule has 1 unspecified atom stereocenters. The molecule has 0 aliphatic rings. The number of methoxy groups -OCH3 is 1. The zero-order chi connectivity index (χ0) is 29.3. The summed E-state index contributed by atoms with van der Waals surface area (Å²) in [5, 5.41) is 3.25. The fourth-order valence-corrected chi connectivity index (χ4v) is 4.63. The monoisotopic (exact) mass is 563 g/mol. The summed E-state index contributed by atoms with van der Waals surface area (Å²) in [5.41, 5.74) is 4.54. The maximum Gasteiger partial charge on any atom is 0.328 e. The van der Waals surface area contributed by atoms with Crippen LogP contribution in [0.5, 0.6) is 5.75 Å². The molecule has 8 heteroatoms. The van der Waals surface area contributed by atoms with Crippen molar-refractivity contribution in [1.29, 1.82) is 0 Å². The van der Waals surface area contributed by atoms with E-state index in [1.165, 1.54) is 7.11 Å². The molecular weight excluding hydrogens is 530 g/mol. The Morgan fingerprint density at radius 1 is 0.881 bits per heavy atom. The highest BCUT2D eigenvalue weighted by Gasteiger charge is 2.22. The number of Topliss-reactive ketones (excluding diaryl/α,β-unsaturated/α-hetero) is 1. The summed E-state index contributed by atoms with van der Waals surface area (Å²) in [5.74, 6) is 0.267. The Hall–Kier alpha value is -5.11. The van der Waals surface area contributed by atoms with Gasteiger partial charge in [-0.15, -0.1) is 0 Å². The number of esters is 1. The van der Waals surface area contributed by atoms with Crippen LogP contribution in [0.1, 0.15) is 21.5 Å². The van der Waals surface area contributed by atoms with E-state index in [0.717, 1.165) is 22.2 Å². The first-order chi connectivity index (χ1) is 20.5. The van der Waals surface area contributed by atoms with Crippen LogP contribution in [0.4, 0.5) is 11.7 Å². The van der Waals surface area contributed by atoms with Crippen LogP contribution in [-0.4, -0.2) is 50.1 Å². The van der Waals surface area contributed by atoms with Crippen molar-refractivity contribution in [2.24, 2.45) is 0 Å². The van der Waals surface area contributed by atoms with Gasteiger partial charge < -0.3 is 24.1 Å². The van der Waals surface area contributed by atoms with Crippen molar-refractivity contribution < 1.29 is 23.5 Å². The van der Waals surface area contributed by atoms with Gasteiger partial charge in [-0.3, -0.25) is 4.79 Å². The van der Waals surface area contributed by atoms with E-state index < -0.39 is 12.0 Å². The first-order valence-electron chi connectivity index (χ1n) is 13.8. The highest BCUT2D eigenvalue weighted by molar-refractivity contribution is 6.02. The molecule has 1 heterocycles. The first-order valence-corrected chi connectivity index (χ1v) is 13.8. The Morgan fingerprint density at radius 3 is 2.36 bits per heavy atom. The van der Waals surface area contributed by atoms with Crippen LogP contribution in [-0.2, 0) is 22.4 Å². The second-order valence-electron chi connectivity index (χ2n) is 9.93. The number of carbonyl (C=O) groups excluding carboxylic acids is 2. The molecule has 0 radical (unpaired) electrons. The van der Waals surface area contributed by atoms with Crippen LogP contribution in [0.15, 0.2) is 108 Å². The van der Waals surface area contributed by atoms with Gasteiger partial charge in [-0.25, -0.2) is 4.79 Å². The summed E-state index contributed by atoms with van der Waals surface area (Å²) < 4.78 is 16.8. The number of carbonyl (C=O) groups is 2. The van der Waals surface area contributed by atoms with E-state index in [0.29, 0.717) is 42.6 Å². The number of anilines is 2. The van der Waals surface area contributed by atoms with Gasteiger partial charge in [0.05, 0.1) is 13.7 Å². The number of aromatic nitrogens is 1. The second kappa shape index (κ2) is 13.5. The van der Waals surface area contributed by atoms with E-state index in [1.807, 2.05) is 109 Å². The van der Waals surface area contributed by atoms with E-state index in [1.54, 1.807) is 6.07 Å². The minimum absolute atomic E-state index is 0.0313. The quantitative estimate of drug-likeness (QED) is 0.138. The van der Waals surface area contributed by atoms with Crippen molar-refractivity contribution in [2.75, 3.05) is 37.5 Å². The smallest absolute Gasteiger partial charge is 0.328 e. The van der Waals surface area contributed by atoms with Gasteiger partial charge in [-0.2, -0.15) is 4.98 Å². The molecule has 0 spiro atoms. The molecule has 8 nitrogen and oxygen atoms in total. The van der Waals surface area contributed by atoms with Gasteiger partial charge in [0.1, 0.15) is 23.9 Å². The Balaban J connectivity index is 1.19. The SMILES string of the molecule is COC(=O)C(Cc1ccc(OCCN(C)c2nc3ccccc3o2)cc1)Nc1ccccc1C(=O)Cc1ccccc1. The highest BCUT2D eigenvalue weighted by Crippen LogP contribution is 2.22. The summed E-state index contributed by atoms with van der Waals surface area (Å²) in [7, 11) is 3.27. The Kier molecular flexibility index (Phi) is 9.13. The Morgan fingerprint density at radius 2 is 1.60 bits per heavy atom. The number of likely N-dealkylation sites (N-methyl/N-ethyl adjacent to an activating group) is 1. The normalized spacial score (nSPS) is 11.6. The zero-order valence-electron chi connectivity index (χ0n) is 23.7. The van der Waals surface area contributed by atoms with Crippen LogP contribution in [0, 0.1) is 0 Å². The fourth-order valence-electron chi connectivity index (χ4n) is 4.63. The lowest BCUT2D eigenvalue weighted by atomic mass is 10.00. The average Bonchev–Trinajstić information content (AvgIpc) is 3.46. The summed E-state index contributed by atoms with van der Waals surface area (Å²) in [6.45, 7) is 1.03. The molecule has 1 aromatic heterocycles. The number of nitrogens with zero attached hydrogens (tertiary/aromatic N) is 2. The molecular formula is C34H33N3O5. The van der Waals surface area contributed by atoms with E-state index in [4.69, 9.17) is 13.9 Å². The number of benzene rings is 4. The Bertz CT molecular complexity index is 1600. The summed E-state index contributed by atoms with van der Waals surface area (Å²) in [6.07, 6.45) is 0.642. The van der Waals surface area contributed by atoms with Crippen LogP contribution in [0.3, 0.4) is 0 Å². The lowest BCUT2D eigenvalue weighted by molar-refractivity contribution is -0.141. The number of hydrogen-bond acceptors (Lipinski definition) is 8. The fraction of sp³-hybridized carbons (Fsp3) is 0.206. The molecule has 42 heavy (non-hydrogen) atoms. The molecule has 0 amide bonds. The molecule has 214 valence electrons. The summed E-state index contributed by atoms with van der Waals surface area (Å²) in [4.78, 5) is 32.3. The van der Waals surface area contributed by atoms with Gasteiger partial charge in [0.2, 0.25) is 0 Å². The lowest BCUT2D eigenvalue weighted by Gasteiger charge is -2.20. The molecule has 5 rings (SSSR count). The lowest BCUT2D eigenvalue weighted by Crippen LogP contribution is -2.33. The molecule has 4 aromatic carbocycles. The maximum absolute atomic E-state index is 13.1. The van der Waals surface area contributed by atoms with Gasteiger partial charge in [0.25, 0.3) is 6.01 Å². The van der Waals surface area contributed by atoms with E-state index in [9.17, 15) is 9.59 Å². The van der Waals surface area contributed by atoms with Crippen molar-refractivity contribution in [3.8, 4) is 5.75 Å². The third kappa shape index (κ3) is 7.14. The topological polar surface area (TPSA) is 93.9 Å². The predicted octanol–water partition coefficient (Wildman–Crippen LogP) is 5.96. The van der Waals surface area contributed by atoms with Gasteiger partial charge in [0, 0.05) is 31.1 Å². The third-order valence-corrected chi connectivity index (χ3v) is 6.92. The van der Waals surface area contributed by atoms with Crippen molar-refractivity contribution in [2.45, 2.75) is 18.9 Å². The van der Waals surface area contributed by atoms with Crippen LogP contribution < -0.4 is 15.0 Å².